The second kappa shape index (κ2) is 10.7. The van der Waals surface area contributed by atoms with Crippen molar-refractivity contribution in [3.63, 3.8) is 0 Å². The Balaban J connectivity index is 0.000000540. The van der Waals surface area contributed by atoms with Crippen molar-refractivity contribution in [1.82, 2.24) is 5.32 Å². The number of hydrogen-bond acceptors (Lipinski definition) is 4. The van der Waals surface area contributed by atoms with Gasteiger partial charge in [0.2, 0.25) is 5.91 Å². The molecule has 192 valence electrons. The number of rotatable bonds is 7. The molecule has 1 saturated carbocycles. The summed E-state index contributed by atoms with van der Waals surface area (Å²) in [4.78, 5) is 21.8. The van der Waals surface area contributed by atoms with E-state index in [1.807, 2.05) is 25.1 Å². The number of carbonyl (C=O) groups is 2. The molecule has 0 saturated heterocycles. The van der Waals surface area contributed by atoms with Gasteiger partial charge in [-0.1, -0.05) is 38.1 Å². The number of carbonyl (C=O) groups excluding carboxylic acids is 1. The monoisotopic (exact) mass is 514 g/mol. The number of anilines is 1. The third-order valence-electron chi connectivity index (χ3n) is 5.42. The normalized spacial score (nSPS) is 14.5. The summed E-state index contributed by atoms with van der Waals surface area (Å²) >= 11 is 0. The molecule has 1 aliphatic carbocycles. The average Bonchev–Trinajstić information content (AvgIpc) is 3.55. The molecular formula is C24H29F3N2O5S. The van der Waals surface area contributed by atoms with Crippen molar-refractivity contribution in [2.24, 2.45) is 5.92 Å². The summed E-state index contributed by atoms with van der Waals surface area (Å²) < 4.78 is 59.9. The molecule has 2 aromatic carbocycles. The molecule has 3 rings (SSSR count). The number of nitrogens with one attached hydrogen (secondary N) is 2. The number of halogens is 3. The highest BCUT2D eigenvalue weighted by molar-refractivity contribution is 7.92. The Morgan fingerprint density at radius 3 is 2.06 bits per heavy atom. The molecule has 35 heavy (non-hydrogen) atoms. The topological polar surface area (TPSA) is 113 Å². The van der Waals surface area contributed by atoms with E-state index in [1.54, 1.807) is 31.2 Å². The Hall–Kier alpha value is -3.08. The molecule has 0 heterocycles. The Kier molecular flexibility index (Phi) is 8.59. The molecule has 1 amide bonds. The minimum absolute atomic E-state index is 0.0601. The first-order valence-corrected chi connectivity index (χ1v) is 12.4. The zero-order valence-corrected chi connectivity index (χ0v) is 20.7. The lowest BCUT2D eigenvalue weighted by atomic mass is 9.94. The van der Waals surface area contributed by atoms with Crippen LogP contribution in [-0.2, 0) is 25.0 Å². The first kappa shape index (κ1) is 28.2. The van der Waals surface area contributed by atoms with Crippen molar-refractivity contribution < 1.29 is 36.3 Å². The fourth-order valence-corrected chi connectivity index (χ4v) is 4.69. The number of alkyl halides is 3. The summed E-state index contributed by atoms with van der Waals surface area (Å²) in [7, 11) is -3.66. The molecule has 11 heteroatoms. The highest BCUT2D eigenvalue weighted by Crippen LogP contribution is 2.48. The van der Waals surface area contributed by atoms with Gasteiger partial charge in [0.1, 0.15) is 0 Å². The molecule has 1 fully saturated rings. The fourth-order valence-electron chi connectivity index (χ4n) is 3.30. The molecule has 0 bridgehead atoms. The average molecular weight is 515 g/mol. The van der Waals surface area contributed by atoms with Crippen molar-refractivity contribution in [2.75, 3.05) is 11.3 Å². The first-order valence-electron chi connectivity index (χ1n) is 10.9. The van der Waals surface area contributed by atoms with Crippen LogP contribution in [-0.4, -0.2) is 38.1 Å². The van der Waals surface area contributed by atoms with E-state index in [2.05, 4.69) is 23.9 Å². The van der Waals surface area contributed by atoms with E-state index >= 15 is 0 Å². The van der Waals surface area contributed by atoms with Gasteiger partial charge >= 0.3 is 12.1 Å². The highest BCUT2D eigenvalue weighted by atomic mass is 32.2. The maximum Gasteiger partial charge on any atom is 0.490 e. The molecule has 0 atom stereocenters. The second-order valence-corrected chi connectivity index (χ2v) is 10.6. The van der Waals surface area contributed by atoms with E-state index in [0.29, 0.717) is 23.7 Å². The van der Waals surface area contributed by atoms with Crippen LogP contribution < -0.4 is 10.0 Å². The van der Waals surface area contributed by atoms with Crippen LogP contribution in [0.5, 0.6) is 0 Å². The van der Waals surface area contributed by atoms with Crippen molar-refractivity contribution in [1.29, 1.82) is 0 Å². The van der Waals surface area contributed by atoms with Gasteiger partial charge in [0.05, 0.1) is 10.3 Å². The Morgan fingerprint density at radius 1 is 1.06 bits per heavy atom. The number of carboxylic acids is 1. The third-order valence-corrected chi connectivity index (χ3v) is 6.94. The smallest absolute Gasteiger partial charge is 0.475 e. The lowest BCUT2D eigenvalue weighted by molar-refractivity contribution is -0.192. The molecule has 0 radical (unpaired) electrons. The molecule has 2 aromatic rings. The molecule has 0 spiro atoms. The Morgan fingerprint density at radius 2 is 1.60 bits per heavy atom. The summed E-state index contributed by atoms with van der Waals surface area (Å²) in [5, 5.41) is 10.1. The van der Waals surface area contributed by atoms with Crippen molar-refractivity contribution in [3.8, 4) is 0 Å². The SMILES string of the molecule is Cc1ccc(C)c(S(=O)(=O)Nc2ccc(C3(C(=O)NCC(C)C)CC3)cc2)c1.O=C(O)C(F)(F)F. The zero-order chi connectivity index (χ0) is 26.6. The predicted molar refractivity (Wildman–Crippen MR) is 126 cm³/mol. The van der Waals surface area contributed by atoms with Gasteiger partial charge in [0.15, 0.2) is 0 Å². The number of hydrogen-bond donors (Lipinski definition) is 3. The molecular weight excluding hydrogens is 485 g/mol. The van der Waals surface area contributed by atoms with Gasteiger partial charge in [-0.25, -0.2) is 13.2 Å². The standard InChI is InChI=1S/C22H28N2O3S.C2HF3O2/c1-15(2)14-23-21(25)22(11-12-22)18-7-9-19(10-8-18)24-28(26,27)20-13-16(3)5-6-17(20)4;3-2(4,5)1(6)7/h5-10,13,15,24H,11-12,14H2,1-4H3,(H,23,25);(H,6,7). The van der Waals surface area contributed by atoms with Gasteiger partial charge < -0.3 is 10.4 Å². The lowest BCUT2D eigenvalue weighted by Crippen LogP contribution is -2.36. The van der Waals surface area contributed by atoms with Crippen LogP contribution in [0, 0.1) is 19.8 Å². The first-order chi connectivity index (χ1) is 16.1. The summed E-state index contributed by atoms with van der Waals surface area (Å²) in [6.07, 6.45) is -3.44. The third kappa shape index (κ3) is 7.45. The molecule has 0 unspecified atom stereocenters. The molecule has 7 nitrogen and oxygen atoms in total. The molecule has 1 aliphatic rings. The number of aryl methyl sites for hydroxylation is 2. The minimum Gasteiger partial charge on any atom is -0.475 e. The number of sulfonamides is 1. The Bertz CT molecular complexity index is 1170. The molecule has 3 N–H and O–H groups in total. The number of carboxylic acid groups (broad SMARTS) is 1. The van der Waals surface area contributed by atoms with Gasteiger partial charge in [-0.05, 0) is 67.5 Å². The van der Waals surface area contributed by atoms with Crippen molar-refractivity contribution in [2.45, 2.75) is 57.0 Å². The fraction of sp³-hybridized carbons (Fsp3) is 0.417. The summed E-state index contributed by atoms with van der Waals surface area (Å²) in [5.74, 6) is -2.29. The summed E-state index contributed by atoms with van der Waals surface area (Å²) in [5.41, 5.74) is 2.56. The zero-order valence-electron chi connectivity index (χ0n) is 19.9. The minimum atomic E-state index is -5.08. The van der Waals surface area contributed by atoms with Crippen LogP contribution in [0.15, 0.2) is 47.4 Å². The maximum absolute atomic E-state index is 12.8. The highest BCUT2D eigenvalue weighted by Gasteiger charge is 2.51. The van der Waals surface area contributed by atoms with Crippen LogP contribution >= 0.6 is 0 Å². The van der Waals surface area contributed by atoms with Crippen LogP contribution in [0.2, 0.25) is 0 Å². The van der Waals surface area contributed by atoms with Gasteiger partial charge in [0.25, 0.3) is 10.0 Å². The largest absolute Gasteiger partial charge is 0.490 e. The number of benzene rings is 2. The van der Waals surface area contributed by atoms with Crippen molar-refractivity contribution >= 4 is 27.6 Å². The summed E-state index contributed by atoms with van der Waals surface area (Å²) in [6, 6.07) is 12.5. The van der Waals surface area contributed by atoms with Crippen LogP contribution in [0.1, 0.15) is 43.4 Å². The van der Waals surface area contributed by atoms with E-state index < -0.39 is 27.6 Å². The van der Waals surface area contributed by atoms with Crippen LogP contribution in [0.3, 0.4) is 0 Å². The van der Waals surface area contributed by atoms with Gasteiger partial charge in [-0.15, -0.1) is 0 Å². The second-order valence-electron chi connectivity index (χ2n) is 8.94. The predicted octanol–water partition coefficient (Wildman–Crippen LogP) is 4.54. The van der Waals surface area contributed by atoms with E-state index in [0.717, 1.165) is 24.0 Å². The number of aliphatic carboxylic acids is 1. The molecule has 0 aliphatic heterocycles. The maximum atomic E-state index is 12.8. The van der Waals surface area contributed by atoms with E-state index in [1.165, 1.54) is 0 Å². The van der Waals surface area contributed by atoms with E-state index in [-0.39, 0.29) is 10.8 Å². The van der Waals surface area contributed by atoms with E-state index in [4.69, 9.17) is 9.90 Å². The lowest BCUT2D eigenvalue weighted by Gasteiger charge is -2.17. The number of amides is 1. The summed E-state index contributed by atoms with van der Waals surface area (Å²) in [6.45, 7) is 8.44. The van der Waals surface area contributed by atoms with E-state index in [9.17, 15) is 26.4 Å². The Labute approximate surface area is 202 Å². The van der Waals surface area contributed by atoms with Crippen LogP contribution in [0.25, 0.3) is 0 Å². The quantitative estimate of drug-likeness (QED) is 0.502. The van der Waals surface area contributed by atoms with Crippen molar-refractivity contribution in [3.05, 3.63) is 59.2 Å². The van der Waals surface area contributed by atoms with Gasteiger partial charge in [-0.2, -0.15) is 13.2 Å². The molecule has 0 aromatic heterocycles. The van der Waals surface area contributed by atoms with Gasteiger partial charge in [-0.3, -0.25) is 9.52 Å². The van der Waals surface area contributed by atoms with Gasteiger partial charge in [0, 0.05) is 12.2 Å². The van der Waals surface area contributed by atoms with Crippen LogP contribution in [0.4, 0.5) is 18.9 Å².